The molecule has 0 atom stereocenters. The van der Waals surface area contributed by atoms with Crippen LogP contribution in [0.5, 0.6) is 0 Å². The molecule has 2 rings (SSSR count). The summed E-state index contributed by atoms with van der Waals surface area (Å²) in [6.07, 6.45) is 2.15. The molecule has 2 aromatic carbocycles. The van der Waals surface area contributed by atoms with Crippen molar-refractivity contribution in [2.45, 2.75) is 13.8 Å². The fourth-order valence-corrected chi connectivity index (χ4v) is 1.85. The Kier molecular flexibility index (Phi) is 3.21. The second kappa shape index (κ2) is 4.80. The summed E-state index contributed by atoms with van der Waals surface area (Å²) in [5.41, 5.74) is 5.22. The summed E-state index contributed by atoms with van der Waals surface area (Å²) < 4.78 is 0. The van der Waals surface area contributed by atoms with E-state index in [9.17, 15) is 0 Å². The number of hydrogen-bond acceptors (Lipinski definition) is 0. The molecular formula is C16H16. The van der Waals surface area contributed by atoms with Crippen LogP contribution in [0.3, 0.4) is 0 Å². The quantitative estimate of drug-likeness (QED) is 0.666. The van der Waals surface area contributed by atoms with Gasteiger partial charge in [0.05, 0.1) is 0 Å². The van der Waals surface area contributed by atoms with Crippen LogP contribution in [0, 0.1) is 0 Å². The predicted octanol–water partition coefficient (Wildman–Crippen LogP) is 4.78. The molecule has 0 amide bonds. The molecule has 0 fully saturated rings. The third-order valence-electron chi connectivity index (χ3n) is 2.87. The van der Waals surface area contributed by atoms with Gasteiger partial charge in [0.2, 0.25) is 0 Å². The lowest BCUT2D eigenvalue weighted by atomic mass is 9.95. The fourth-order valence-electron chi connectivity index (χ4n) is 1.85. The van der Waals surface area contributed by atoms with Crippen molar-refractivity contribution >= 4 is 5.57 Å². The molecule has 16 heavy (non-hydrogen) atoms. The van der Waals surface area contributed by atoms with Gasteiger partial charge in [0.15, 0.2) is 0 Å². The van der Waals surface area contributed by atoms with Crippen LogP contribution >= 0.6 is 0 Å². The van der Waals surface area contributed by atoms with E-state index in [2.05, 4.69) is 74.5 Å². The SMILES string of the molecule is C/C=C(\C)c1ccccc1-c1ccccc1. The van der Waals surface area contributed by atoms with Crippen molar-refractivity contribution in [3.8, 4) is 11.1 Å². The van der Waals surface area contributed by atoms with E-state index in [1.54, 1.807) is 0 Å². The van der Waals surface area contributed by atoms with E-state index < -0.39 is 0 Å². The largest absolute Gasteiger partial charge is 0.0841 e. The smallest absolute Gasteiger partial charge is 0.0109 e. The van der Waals surface area contributed by atoms with E-state index in [1.165, 1.54) is 22.3 Å². The number of rotatable bonds is 2. The predicted molar refractivity (Wildman–Crippen MR) is 71.2 cm³/mol. The number of allylic oxidation sites excluding steroid dienone is 2. The fraction of sp³-hybridized carbons (Fsp3) is 0.125. The van der Waals surface area contributed by atoms with Gasteiger partial charge in [-0.05, 0) is 36.1 Å². The Morgan fingerprint density at radius 1 is 0.875 bits per heavy atom. The molecule has 0 saturated heterocycles. The zero-order valence-corrected chi connectivity index (χ0v) is 9.77. The van der Waals surface area contributed by atoms with E-state index in [1.807, 2.05) is 0 Å². The van der Waals surface area contributed by atoms with E-state index >= 15 is 0 Å². The average Bonchev–Trinajstić information content (AvgIpc) is 2.39. The molecule has 0 spiro atoms. The molecule has 0 heteroatoms. The molecule has 0 saturated carbocycles. The lowest BCUT2D eigenvalue weighted by Crippen LogP contribution is -1.86. The van der Waals surface area contributed by atoms with Crippen molar-refractivity contribution in [2.24, 2.45) is 0 Å². The topological polar surface area (TPSA) is 0 Å². The highest BCUT2D eigenvalue weighted by molar-refractivity contribution is 5.80. The van der Waals surface area contributed by atoms with Crippen molar-refractivity contribution in [1.82, 2.24) is 0 Å². The zero-order chi connectivity index (χ0) is 11.4. The summed E-state index contributed by atoms with van der Waals surface area (Å²) in [6.45, 7) is 4.23. The molecule has 2 aromatic rings. The van der Waals surface area contributed by atoms with Crippen LogP contribution in [0.2, 0.25) is 0 Å². The van der Waals surface area contributed by atoms with Crippen LogP contribution in [0.25, 0.3) is 16.7 Å². The molecule has 0 aliphatic heterocycles. The first-order valence-corrected chi connectivity index (χ1v) is 5.60. The van der Waals surface area contributed by atoms with Crippen molar-refractivity contribution in [1.29, 1.82) is 0 Å². The lowest BCUT2D eigenvalue weighted by Gasteiger charge is -2.09. The Morgan fingerprint density at radius 3 is 2.19 bits per heavy atom. The van der Waals surface area contributed by atoms with Gasteiger partial charge in [-0.25, -0.2) is 0 Å². The first-order valence-electron chi connectivity index (χ1n) is 5.60. The zero-order valence-electron chi connectivity index (χ0n) is 9.77. The molecule has 0 unspecified atom stereocenters. The van der Waals surface area contributed by atoms with Crippen LogP contribution in [-0.4, -0.2) is 0 Å². The normalized spacial score (nSPS) is 11.5. The Bertz CT molecular complexity index is 492. The van der Waals surface area contributed by atoms with Crippen molar-refractivity contribution in [2.75, 3.05) is 0 Å². The second-order valence-electron chi connectivity index (χ2n) is 3.88. The van der Waals surface area contributed by atoms with Crippen molar-refractivity contribution in [3.05, 3.63) is 66.2 Å². The van der Waals surface area contributed by atoms with E-state index in [-0.39, 0.29) is 0 Å². The van der Waals surface area contributed by atoms with Gasteiger partial charge in [-0.2, -0.15) is 0 Å². The van der Waals surface area contributed by atoms with Gasteiger partial charge in [0, 0.05) is 0 Å². The van der Waals surface area contributed by atoms with E-state index in [0.717, 1.165) is 0 Å². The highest BCUT2D eigenvalue weighted by atomic mass is 14.1. The maximum absolute atomic E-state index is 2.18. The van der Waals surface area contributed by atoms with Gasteiger partial charge < -0.3 is 0 Å². The molecule has 0 bridgehead atoms. The van der Waals surface area contributed by atoms with Gasteiger partial charge in [0.1, 0.15) is 0 Å². The maximum Gasteiger partial charge on any atom is -0.0109 e. The van der Waals surface area contributed by atoms with Gasteiger partial charge in [-0.3, -0.25) is 0 Å². The van der Waals surface area contributed by atoms with Gasteiger partial charge >= 0.3 is 0 Å². The highest BCUT2D eigenvalue weighted by Crippen LogP contribution is 2.28. The molecule has 0 aliphatic carbocycles. The van der Waals surface area contributed by atoms with Crippen LogP contribution in [0.15, 0.2) is 60.7 Å². The molecule has 0 nitrogen and oxygen atoms in total. The molecule has 0 aromatic heterocycles. The minimum absolute atomic E-state index is 1.28. The summed E-state index contributed by atoms with van der Waals surface area (Å²) in [7, 11) is 0. The van der Waals surface area contributed by atoms with Crippen LogP contribution in [0.1, 0.15) is 19.4 Å². The summed E-state index contributed by atoms with van der Waals surface area (Å²) in [5.74, 6) is 0. The molecule has 0 heterocycles. The molecule has 0 radical (unpaired) electrons. The van der Waals surface area contributed by atoms with Crippen molar-refractivity contribution in [3.63, 3.8) is 0 Å². The Hall–Kier alpha value is -1.82. The highest BCUT2D eigenvalue weighted by Gasteiger charge is 2.04. The second-order valence-corrected chi connectivity index (χ2v) is 3.88. The first kappa shape index (κ1) is 10.7. The van der Waals surface area contributed by atoms with Gasteiger partial charge in [0.25, 0.3) is 0 Å². The minimum Gasteiger partial charge on any atom is -0.0841 e. The molecule has 80 valence electrons. The Morgan fingerprint density at radius 2 is 1.50 bits per heavy atom. The van der Waals surface area contributed by atoms with Gasteiger partial charge in [-0.1, -0.05) is 60.7 Å². The minimum atomic E-state index is 1.28. The van der Waals surface area contributed by atoms with Crippen LogP contribution < -0.4 is 0 Å². The Balaban J connectivity index is 2.58. The summed E-state index contributed by atoms with van der Waals surface area (Å²) in [6, 6.07) is 19.1. The van der Waals surface area contributed by atoms with Crippen molar-refractivity contribution < 1.29 is 0 Å². The summed E-state index contributed by atoms with van der Waals surface area (Å²) in [5, 5.41) is 0. The molecule has 0 N–H and O–H groups in total. The molecular weight excluding hydrogens is 192 g/mol. The lowest BCUT2D eigenvalue weighted by molar-refractivity contribution is 1.52. The van der Waals surface area contributed by atoms with Crippen LogP contribution in [0.4, 0.5) is 0 Å². The van der Waals surface area contributed by atoms with E-state index in [4.69, 9.17) is 0 Å². The monoisotopic (exact) mass is 208 g/mol. The van der Waals surface area contributed by atoms with Crippen LogP contribution in [-0.2, 0) is 0 Å². The average molecular weight is 208 g/mol. The third-order valence-corrected chi connectivity index (χ3v) is 2.87. The maximum atomic E-state index is 2.18. The van der Waals surface area contributed by atoms with E-state index in [0.29, 0.717) is 0 Å². The standard InChI is InChI=1S/C16H16/c1-3-13(2)15-11-7-8-12-16(15)14-9-5-4-6-10-14/h3-12H,1-2H3/b13-3+. The summed E-state index contributed by atoms with van der Waals surface area (Å²) in [4.78, 5) is 0. The first-order chi connectivity index (χ1) is 7.83. The number of hydrogen-bond donors (Lipinski definition) is 0. The summed E-state index contributed by atoms with van der Waals surface area (Å²) >= 11 is 0. The molecule has 0 aliphatic rings. The van der Waals surface area contributed by atoms with Gasteiger partial charge in [-0.15, -0.1) is 0 Å². The Labute approximate surface area is 97.3 Å². The number of benzene rings is 2. The third kappa shape index (κ3) is 2.06.